The zero-order valence-electron chi connectivity index (χ0n) is 27.6. The first-order valence-corrected chi connectivity index (χ1v) is 20.3. The predicted octanol–water partition coefficient (Wildman–Crippen LogP) is 7.46. The molecular formula is C33H46ClN7O3Si. The van der Waals surface area contributed by atoms with Crippen molar-refractivity contribution < 1.29 is 14.3 Å². The number of piperidine rings is 1. The number of hydrogen-bond acceptors (Lipinski definition) is 7. The number of alkyl carbamates (subject to hydrolysis) is 1. The molecule has 10 nitrogen and oxygen atoms in total. The number of halogens is 1. The lowest BCUT2D eigenvalue weighted by Gasteiger charge is -2.39. The summed E-state index contributed by atoms with van der Waals surface area (Å²) in [6.07, 6.45) is 9.45. The molecule has 2 saturated heterocycles. The van der Waals surface area contributed by atoms with Crippen molar-refractivity contribution >= 4 is 53.7 Å². The highest BCUT2D eigenvalue weighted by Crippen LogP contribution is 2.41. The van der Waals surface area contributed by atoms with Gasteiger partial charge in [-0.2, -0.15) is 5.10 Å². The first-order valence-electron chi connectivity index (χ1n) is 16.2. The largest absolute Gasteiger partial charge is 0.444 e. The maximum absolute atomic E-state index is 12.5. The number of aromatic nitrogens is 5. The van der Waals surface area contributed by atoms with Crippen LogP contribution in [0.3, 0.4) is 0 Å². The Morgan fingerprint density at radius 2 is 1.84 bits per heavy atom. The summed E-state index contributed by atoms with van der Waals surface area (Å²) in [6.45, 7) is 16.7. The number of rotatable bonds is 9. The smallest absolute Gasteiger partial charge is 0.407 e. The third kappa shape index (κ3) is 6.85. The Kier molecular flexibility index (Phi) is 8.64. The molecule has 0 radical (unpaired) electrons. The molecule has 4 aromatic rings. The van der Waals surface area contributed by atoms with E-state index in [9.17, 15) is 4.79 Å². The predicted molar refractivity (Wildman–Crippen MR) is 183 cm³/mol. The van der Waals surface area contributed by atoms with Crippen molar-refractivity contribution in [3.8, 4) is 11.1 Å². The van der Waals surface area contributed by atoms with E-state index < -0.39 is 13.7 Å². The van der Waals surface area contributed by atoms with Crippen LogP contribution in [0, 0.1) is 0 Å². The third-order valence-electron chi connectivity index (χ3n) is 8.78. The summed E-state index contributed by atoms with van der Waals surface area (Å²) in [5.41, 5.74) is 3.76. The zero-order valence-corrected chi connectivity index (χ0v) is 29.3. The second-order valence-electron chi connectivity index (χ2n) is 14.7. The SMILES string of the molecule is CCn1cc2c(Cl)c(-c3cn(COCC[Si](C)(C)C)c4nc(N5C6CC[C@@H]5CC(NC(=O)OC(C)(C)C)C6)cnc34)ccc2n1. The van der Waals surface area contributed by atoms with E-state index in [1.807, 2.05) is 50.0 Å². The lowest BCUT2D eigenvalue weighted by molar-refractivity contribution is 0.0492. The summed E-state index contributed by atoms with van der Waals surface area (Å²) in [7, 11) is -1.23. The summed E-state index contributed by atoms with van der Waals surface area (Å²) in [4.78, 5) is 25.2. The molecule has 12 heteroatoms. The molecule has 6 rings (SSSR count). The van der Waals surface area contributed by atoms with Crippen molar-refractivity contribution in [1.29, 1.82) is 0 Å². The molecule has 0 aliphatic carbocycles. The Morgan fingerprint density at radius 1 is 1.11 bits per heavy atom. The molecule has 0 spiro atoms. The van der Waals surface area contributed by atoms with E-state index in [1.54, 1.807) is 0 Å². The minimum atomic E-state index is -1.23. The summed E-state index contributed by atoms with van der Waals surface area (Å²) in [5.74, 6) is 0.865. The van der Waals surface area contributed by atoms with Crippen LogP contribution >= 0.6 is 11.6 Å². The number of hydrogen-bond donors (Lipinski definition) is 1. The van der Waals surface area contributed by atoms with E-state index in [4.69, 9.17) is 31.0 Å². The van der Waals surface area contributed by atoms with E-state index in [1.165, 1.54) is 0 Å². The molecule has 2 aliphatic rings. The summed E-state index contributed by atoms with van der Waals surface area (Å²) in [6, 6.07) is 5.77. The Bertz CT molecular complexity index is 1690. The monoisotopic (exact) mass is 651 g/mol. The van der Waals surface area contributed by atoms with Crippen LogP contribution in [0.25, 0.3) is 33.2 Å². The molecule has 2 bridgehead atoms. The number of carbonyl (C=O) groups is 1. The van der Waals surface area contributed by atoms with Crippen LogP contribution in [0.5, 0.6) is 0 Å². The highest BCUT2D eigenvalue weighted by molar-refractivity contribution is 6.76. The van der Waals surface area contributed by atoms with E-state index in [2.05, 4.69) is 52.6 Å². The van der Waals surface area contributed by atoms with Crippen LogP contribution in [0.2, 0.25) is 30.7 Å². The minimum absolute atomic E-state index is 0.0784. The number of nitrogens with zero attached hydrogens (tertiary/aromatic N) is 6. The molecule has 242 valence electrons. The first-order chi connectivity index (χ1) is 21.3. The third-order valence-corrected chi connectivity index (χ3v) is 10.9. The number of carbonyl (C=O) groups excluding carboxylic acids is 1. The topological polar surface area (TPSA) is 99.3 Å². The van der Waals surface area contributed by atoms with E-state index in [0.717, 1.165) is 77.3 Å². The van der Waals surface area contributed by atoms with Gasteiger partial charge in [0.25, 0.3) is 0 Å². The standard InChI is InChI=1S/C33H46ClN7O3Si/c1-8-40-19-26-27(38-40)12-11-24(29(26)34)25-18-39(20-43-13-14-45(5,6)7)31-30(25)35-17-28(37-31)41-22-9-10-23(41)16-21(15-22)36-32(42)44-33(2,3)4/h11-12,17-19,21-23H,8-10,13-16,20H2,1-7H3,(H,36,42)/t21?,22-,23?/m1/s1. The highest BCUT2D eigenvalue weighted by atomic mass is 35.5. The van der Waals surface area contributed by atoms with Crippen LogP contribution < -0.4 is 10.2 Å². The molecule has 1 N–H and O–H groups in total. The van der Waals surface area contributed by atoms with Gasteiger partial charge in [-0.3, -0.25) is 4.68 Å². The van der Waals surface area contributed by atoms with Gasteiger partial charge >= 0.3 is 6.09 Å². The summed E-state index contributed by atoms with van der Waals surface area (Å²) < 4.78 is 15.7. The quantitative estimate of drug-likeness (QED) is 0.148. The van der Waals surface area contributed by atoms with Crippen molar-refractivity contribution in [3.63, 3.8) is 0 Å². The van der Waals surface area contributed by atoms with Crippen molar-refractivity contribution in [2.24, 2.45) is 0 Å². The van der Waals surface area contributed by atoms with Crippen molar-refractivity contribution in [1.82, 2.24) is 29.6 Å². The molecule has 45 heavy (non-hydrogen) atoms. The highest BCUT2D eigenvalue weighted by Gasteiger charge is 2.42. The second-order valence-corrected chi connectivity index (χ2v) is 20.7. The molecular weight excluding hydrogens is 606 g/mol. The Morgan fingerprint density at radius 3 is 2.51 bits per heavy atom. The maximum atomic E-state index is 12.5. The fourth-order valence-electron chi connectivity index (χ4n) is 6.62. The van der Waals surface area contributed by atoms with Crippen molar-refractivity contribution in [2.75, 3.05) is 11.5 Å². The van der Waals surface area contributed by atoms with Crippen LogP contribution in [-0.2, 0) is 22.7 Å². The van der Waals surface area contributed by atoms with Gasteiger partial charge in [0.2, 0.25) is 0 Å². The number of aryl methyl sites for hydroxylation is 1. The van der Waals surface area contributed by atoms with Gasteiger partial charge in [0.1, 0.15) is 23.7 Å². The number of nitrogens with one attached hydrogen (secondary N) is 1. The van der Waals surface area contributed by atoms with Crippen LogP contribution in [0.1, 0.15) is 53.4 Å². The van der Waals surface area contributed by atoms with Gasteiger partial charge in [-0.15, -0.1) is 0 Å². The Balaban J connectivity index is 1.31. The van der Waals surface area contributed by atoms with E-state index in [0.29, 0.717) is 18.4 Å². The molecule has 0 saturated carbocycles. The zero-order chi connectivity index (χ0) is 32.1. The molecule has 2 fully saturated rings. The average molecular weight is 652 g/mol. The Labute approximate surface area is 271 Å². The normalized spacial score (nSPS) is 20.4. The van der Waals surface area contributed by atoms with Crippen LogP contribution in [-0.4, -0.2) is 68.8 Å². The molecule has 3 aromatic heterocycles. The number of amides is 1. The van der Waals surface area contributed by atoms with E-state index in [-0.39, 0.29) is 24.2 Å². The average Bonchev–Trinajstić information content (AvgIpc) is 3.61. The first kappa shape index (κ1) is 31.8. The molecule has 2 unspecified atom stereocenters. The molecule has 1 amide bonds. The molecule has 2 aliphatic heterocycles. The number of benzene rings is 1. The Hall–Kier alpha value is -3.15. The van der Waals surface area contributed by atoms with E-state index >= 15 is 0 Å². The van der Waals surface area contributed by atoms with Crippen molar-refractivity contribution in [2.45, 2.75) is 116 Å². The van der Waals surface area contributed by atoms with Gasteiger partial charge in [0.15, 0.2) is 5.65 Å². The van der Waals surface area contributed by atoms with Gasteiger partial charge in [0, 0.05) is 68.3 Å². The molecule has 1 aromatic carbocycles. The van der Waals surface area contributed by atoms with Gasteiger partial charge in [-0.05, 0) is 65.5 Å². The number of fused-ring (bicyclic) bond motifs is 4. The maximum Gasteiger partial charge on any atom is 0.407 e. The van der Waals surface area contributed by atoms with Crippen LogP contribution in [0.4, 0.5) is 10.6 Å². The number of anilines is 1. The fraction of sp³-hybridized carbons (Fsp3) is 0.576. The minimum Gasteiger partial charge on any atom is -0.444 e. The lowest BCUT2D eigenvalue weighted by Crippen LogP contribution is -2.51. The summed E-state index contributed by atoms with van der Waals surface area (Å²) >= 11 is 7.03. The van der Waals surface area contributed by atoms with Gasteiger partial charge in [-0.1, -0.05) is 37.3 Å². The van der Waals surface area contributed by atoms with Gasteiger partial charge in [0.05, 0.1) is 16.7 Å². The summed E-state index contributed by atoms with van der Waals surface area (Å²) in [5, 5.41) is 9.33. The van der Waals surface area contributed by atoms with Crippen LogP contribution in [0.15, 0.2) is 30.7 Å². The fourth-order valence-corrected chi connectivity index (χ4v) is 7.69. The second kappa shape index (κ2) is 12.2. The molecule has 5 heterocycles. The van der Waals surface area contributed by atoms with Crippen molar-refractivity contribution in [3.05, 3.63) is 35.7 Å². The molecule has 3 atom stereocenters. The number of ether oxygens (including phenoxy) is 2. The lowest BCUT2D eigenvalue weighted by atomic mass is 9.97. The van der Waals surface area contributed by atoms with Gasteiger partial charge in [-0.25, -0.2) is 14.8 Å². The van der Waals surface area contributed by atoms with Gasteiger partial charge < -0.3 is 24.3 Å².